The Morgan fingerprint density at radius 1 is 0.269 bits per heavy atom. The molecule has 14 aromatic rings. The van der Waals surface area contributed by atoms with Crippen LogP contribution in [0.25, 0.3) is 137 Å². The van der Waals surface area contributed by atoms with Crippen LogP contribution in [0.2, 0.25) is 0 Å². The van der Waals surface area contributed by atoms with Gasteiger partial charge in [0.05, 0.1) is 34.0 Å². The minimum Gasteiger partial charge on any atom is -0.309 e. The molecule has 3 heteroatoms. The molecular weight excluding hydrogens is 811 g/mol. The smallest absolute Gasteiger partial charge is 0.0979 e. The lowest BCUT2D eigenvalue weighted by Crippen LogP contribution is -1.93. The van der Waals surface area contributed by atoms with Crippen molar-refractivity contribution in [1.82, 2.24) is 14.5 Å². The molecule has 0 atom stereocenters. The van der Waals surface area contributed by atoms with E-state index in [9.17, 15) is 0 Å². The maximum atomic E-state index is 5.25. The van der Waals surface area contributed by atoms with Crippen LogP contribution in [0.3, 0.4) is 0 Å². The van der Waals surface area contributed by atoms with Crippen LogP contribution in [0.5, 0.6) is 0 Å². The Labute approximate surface area is 386 Å². The minimum atomic E-state index is 0.867. The second-order valence-corrected chi connectivity index (χ2v) is 17.8. The van der Waals surface area contributed by atoms with Gasteiger partial charge in [0.1, 0.15) is 0 Å². The predicted octanol–water partition coefficient (Wildman–Crippen LogP) is 17.2. The Hall–Kier alpha value is -8.92. The summed E-state index contributed by atoms with van der Waals surface area (Å²) >= 11 is 0. The standard InChI is InChI=1S/C64H39N3/c1-3-16-58-54(12-1)55-13-2-4-17-59(55)64-63(58)65-39-60(66-64)52-11-9-10-40(37-52)41-20-21-43-33-44(23-22-42(43)32-41)45-24-25-47-35-48(27-26-46(47)34-45)49-28-29-51-38-53(31-30-50(51)36-49)67-61-18-7-5-14-56(61)57-15-6-8-19-62(57)67/h1-39H. The molecule has 0 amide bonds. The van der Waals surface area contributed by atoms with Gasteiger partial charge in [-0.3, -0.25) is 4.98 Å². The fourth-order valence-corrected chi connectivity index (χ4v) is 10.6. The number of hydrogen-bond acceptors (Lipinski definition) is 2. The van der Waals surface area contributed by atoms with Crippen LogP contribution in [0.1, 0.15) is 0 Å². The highest BCUT2D eigenvalue weighted by molar-refractivity contribution is 6.23. The SMILES string of the molecule is c1cc(-c2ccc3cc(-c4ccc5cc(-c6ccc7cc(-n8c9ccccc9c9ccccc98)ccc7c6)ccc5c4)ccc3c2)cc(-c2cnc3c4ccccc4c4ccccc4c3n2)c1. The molecule has 0 saturated heterocycles. The van der Waals surface area contributed by atoms with Crippen LogP contribution in [-0.4, -0.2) is 14.5 Å². The first-order chi connectivity index (χ1) is 33.2. The molecule has 0 aliphatic heterocycles. The van der Waals surface area contributed by atoms with E-state index in [2.05, 4.69) is 235 Å². The van der Waals surface area contributed by atoms with E-state index in [0.29, 0.717) is 0 Å². The van der Waals surface area contributed by atoms with Crippen LogP contribution in [-0.2, 0) is 0 Å². The Kier molecular flexibility index (Phi) is 8.28. The summed E-state index contributed by atoms with van der Waals surface area (Å²) in [5, 5.41) is 14.5. The first-order valence-corrected chi connectivity index (χ1v) is 22.9. The summed E-state index contributed by atoms with van der Waals surface area (Å²) in [6, 6.07) is 84.0. The lowest BCUT2D eigenvalue weighted by Gasteiger charge is -2.12. The third-order valence-corrected chi connectivity index (χ3v) is 13.9. The van der Waals surface area contributed by atoms with Crippen molar-refractivity contribution >= 4 is 86.7 Å². The van der Waals surface area contributed by atoms with Gasteiger partial charge >= 0.3 is 0 Å². The molecule has 14 rings (SSSR count). The van der Waals surface area contributed by atoms with E-state index in [1.807, 2.05) is 6.20 Å². The molecule has 12 aromatic carbocycles. The number of aromatic nitrogens is 3. The lowest BCUT2D eigenvalue weighted by atomic mass is 9.94. The molecule has 0 saturated carbocycles. The zero-order valence-corrected chi connectivity index (χ0v) is 36.4. The predicted molar refractivity (Wildman–Crippen MR) is 283 cm³/mol. The molecule has 0 fully saturated rings. The summed E-state index contributed by atoms with van der Waals surface area (Å²) in [5.74, 6) is 0. The zero-order valence-electron chi connectivity index (χ0n) is 36.4. The molecular formula is C64H39N3. The monoisotopic (exact) mass is 849 g/mol. The molecule has 0 radical (unpaired) electrons. The van der Waals surface area contributed by atoms with E-state index in [0.717, 1.165) is 38.6 Å². The van der Waals surface area contributed by atoms with Crippen LogP contribution in [0, 0.1) is 0 Å². The number of rotatable bonds is 5. The lowest BCUT2D eigenvalue weighted by molar-refractivity contribution is 1.19. The topological polar surface area (TPSA) is 30.7 Å². The van der Waals surface area contributed by atoms with Gasteiger partial charge in [0.2, 0.25) is 0 Å². The van der Waals surface area contributed by atoms with E-state index >= 15 is 0 Å². The highest BCUT2D eigenvalue weighted by atomic mass is 15.0. The van der Waals surface area contributed by atoms with Gasteiger partial charge in [-0.1, -0.05) is 170 Å². The van der Waals surface area contributed by atoms with Gasteiger partial charge in [0.15, 0.2) is 0 Å². The third-order valence-electron chi connectivity index (χ3n) is 13.9. The van der Waals surface area contributed by atoms with Gasteiger partial charge in [0, 0.05) is 32.8 Å². The summed E-state index contributed by atoms with van der Waals surface area (Å²) in [6.07, 6.45) is 1.92. The first-order valence-electron chi connectivity index (χ1n) is 22.9. The van der Waals surface area contributed by atoms with Crippen molar-refractivity contribution in [3.05, 3.63) is 237 Å². The first kappa shape index (κ1) is 37.5. The Morgan fingerprint density at radius 2 is 0.657 bits per heavy atom. The fourth-order valence-electron chi connectivity index (χ4n) is 10.6. The van der Waals surface area contributed by atoms with Crippen LogP contribution in [0.15, 0.2) is 237 Å². The average Bonchev–Trinajstić information content (AvgIpc) is 3.74. The zero-order chi connectivity index (χ0) is 44.0. The summed E-state index contributed by atoms with van der Waals surface area (Å²) in [4.78, 5) is 10.3. The van der Waals surface area contributed by atoms with Crippen molar-refractivity contribution < 1.29 is 0 Å². The number of nitrogens with zero attached hydrogens (tertiary/aromatic N) is 3. The average molecular weight is 850 g/mol. The van der Waals surface area contributed by atoms with Crippen molar-refractivity contribution in [1.29, 1.82) is 0 Å². The summed E-state index contributed by atoms with van der Waals surface area (Å²) < 4.78 is 2.39. The third kappa shape index (κ3) is 6.13. The summed E-state index contributed by atoms with van der Waals surface area (Å²) in [7, 11) is 0. The number of fused-ring (bicyclic) bond motifs is 12. The second-order valence-electron chi connectivity index (χ2n) is 17.8. The molecule has 2 aromatic heterocycles. The van der Waals surface area contributed by atoms with Crippen molar-refractivity contribution in [2.45, 2.75) is 0 Å². The molecule has 0 bridgehead atoms. The molecule has 0 unspecified atom stereocenters. The normalized spacial score (nSPS) is 11.9. The number of benzene rings is 12. The Balaban J connectivity index is 0.736. The molecule has 0 spiro atoms. The maximum absolute atomic E-state index is 5.25. The van der Waals surface area contributed by atoms with Crippen LogP contribution in [0.4, 0.5) is 0 Å². The second kappa shape index (κ2) is 14.8. The maximum Gasteiger partial charge on any atom is 0.0979 e. The van der Waals surface area contributed by atoms with Crippen molar-refractivity contribution in [3.8, 4) is 50.3 Å². The van der Waals surface area contributed by atoms with Crippen molar-refractivity contribution in [2.75, 3.05) is 0 Å². The van der Waals surface area contributed by atoms with Crippen LogP contribution >= 0.6 is 0 Å². The van der Waals surface area contributed by atoms with E-state index in [4.69, 9.17) is 9.97 Å². The quantitative estimate of drug-likeness (QED) is 0.162. The number of para-hydroxylation sites is 2. The van der Waals surface area contributed by atoms with Gasteiger partial charge < -0.3 is 4.57 Å². The van der Waals surface area contributed by atoms with Gasteiger partial charge in [-0.2, -0.15) is 0 Å². The van der Waals surface area contributed by atoms with Gasteiger partial charge in [-0.05, 0) is 137 Å². The van der Waals surface area contributed by atoms with E-state index < -0.39 is 0 Å². The molecule has 0 N–H and O–H groups in total. The van der Waals surface area contributed by atoms with E-state index in [1.165, 1.54) is 98.4 Å². The Bertz CT molecular complexity index is 4260. The van der Waals surface area contributed by atoms with E-state index in [1.54, 1.807) is 0 Å². The van der Waals surface area contributed by atoms with E-state index in [-0.39, 0.29) is 0 Å². The highest BCUT2D eigenvalue weighted by Crippen LogP contribution is 2.38. The molecule has 0 aliphatic carbocycles. The molecule has 3 nitrogen and oxygen atoms in total. The number of hydrogen-bond donors (Lipinski definition) is 0. The van der Waals surface area contributed by atoms with Gasteiger partial charge in [-0.25, -0.2) is 4.98 Å². The molecule has 0 aliphatic rings. The highest BCUT2D eigenvalue weighted by Gasteiger charge is 2.15. The van der Waals surface area contributed by atoms with Gasteiger partial charge in [0.25, 0.3) is 0 Å². The van der Waals surface area contributed by atoms with Gasteiger partial charge in [-0.15, -0.1) is 0 Å². The molecule has 67 heavy (non-hydrogen) atoms. The molecule has 310 valence electrons. The van der Waals surface area contributed by atoms with Crippen molar-refractivity contribution in [3.63, 3.8) is 0 Å². The fraction of sp³-hybridized carbons (Fsp3) is 0. The van der Waals surface area contributed by atoms with Crippen molar-refractivity contribution in [2.24, 2.45) is 0 Å². The van der Waals surface area contributed by atoms with Crippen LogP contribution < -0.4 is 0 Å². The Morgan fingerprint density at radius 3 is 1.16 bits per heavy atom. The summed E-state index contributed by atoms with van der Waals surface area (Å²) in [5.41, 5.74) is 14.6. The minimum absolute atomic E-state index is 0.867. The largest absolute Gasteiger partial charge is 0.309 e. The molecule has 2 heterocycles. The summed E-state index contributed by atoms with van der Waals surface area (Å²) in [6.45, 7) is 0.